The van der Waals surface area contributed by atoms with Gasteiger partial charge in [0.25, 0.3) is 0 Å². The van der Waals surface area contributed by atoms with E-state index in [1.54, 1.807) is 0 Å². The SMILES string of the molecule is CCCNCc1cnc(N2CCN(C(C)(C)C)CC2)s1. The monoisotopic (exact) mass is 296 g/mol. The number of nitrogens with zero attached hydrogens (tertiary/aromatic N) is 3. The van der Waals surface area contributed by atoms with E-state index in [0.717, 1.165) is 39.3 Å². The van der Waals surface area contributed by atoms with Crippen LogP contribution in [0.1, 0.15) is 39.0 Å². The molecule has 4 nitrogen and oxygen atoms in total. The van der Waals surface area contributed by atoms with Gasteiger partial charge in [-0.2, -0.15) is 0 Å². The minimum atomic E-state index is 0.282. The number of thiazole rings is 1. The van der Waals surface area contributed by atoms with Gasteiger partial charge in [0.15, 0.2) is 5.13 Å². The van der Waals surface area contributed by atoms with E-state index in [4.69, 9.17) is 0 Å². The lowest BCUT2D eigenvalue weighted by atomic mass is 10.1. The summed E-state index contributed by atoms with van der Waals surface area (Å²) in [7, 11) is 0. The summed E-state index contributed by atoms with van der Waals surface area (Å²) in [4.78, 5) is 10.9. The lowest BCUT2D eigenvalue weighted by molar-refractivity contribution is 0.128. The van der Waals surface area contributed by atoms with Gasteiger partial charge in [0.05, 0.1) is 0 Å². The Kier molecular flexibility index (Phi) is 5.41. The highest BCUT2D eigenvalue weighted by molar-refractivity contribution is 7.15. The summed E-state index contributed by atoms with van der Waals surface area (Å²) >= 11 is 1.83. The van der Waals surface area contributed by atoms with Gasteiger partial charge in [0, 0.05) is 49.3 Å². The number of hydrogen-bond acceptors (Lipinski definition) is 5. The first-order valence-corrected chi connectivity index (χ1v) is 8.48. The zero-order chi connectivity index (χ0) is 14.6. The molecule has 0 saturated carbocycles. The van der Waals surface area contributed by atoms with Crippen LogP contribution in [-0.2, 0) is 6.54 Å². The number of rotatable bonds is 5. The van der Waals surface area contributed by atoms with Crippen LogP contribution in [-0.4, -0.2) is 48.1 Å². The standard InChI is InChI=1S/C15H28N4S/c1-5-6-16-11-13-12-17-14(20-13)18-7-9-19(10-8-18)15(2,3)4/h12,16H,5-11H2,1-4H3. The van der Waals surface area contributed by atoms with Gasteiger partial charge in [-0.3, -0.25) is 4.90 Å². The molecule has 1 fully saturated rings. The van der Waals surface area contributed by atoms with Gasteiger partial charge in [-0.25, -0.2) is 4.98 Å². The second-order valence-electron chi connectivity index (χ2n) is 6.43. The van der Waals surface area contributed by atoms with Gasteiger partial charge in [0.2, 0.25) is 0 Å². The molecule has 1 aromatic rings. The molecular formula is C15H28N4S. The van der Waals surface area contributed by atoms with Crippen LogP contribution < -0.4 is 10.2 Å². The third-order valence-electron chi connectivity index (χ3n) is 3.77. The van der Waals surface area contributed by atoms with Gasteiger partial charge >= 0.3 is 0 Å². The summed E-state index contributed by atoms with van der Waals surface area (Å²) in [6.07, 6.45) is 3.21. The molecule has 0 aromatic carbocycles. The molecule has 1 saturated heterocycles. The van der Waals surface area contributed by atoms with Crippen LogP contribution in [0.4, 0.5) is 5.13 Å². The van der Waals surface area contributed by atoms with E-state index >= 15 is 0 Å². The predicted octanol–water partition coefficient (Wildman–Crippen LogP) is 2.56. The van der Waals surface area contributed by atoms with E-state index < -0.39 is 0 Å². The molecule has 0 atom stereocenters. The highest BCUT2D eigenvalue weighted by Crippen LogP contribution is 2.25. The number of nitrogens with one attached hydrogen (secondary N) is 1. The van der Waals surface area contributed by atoms with Crippen molar-refractivity contribution in [2.75, 3.05) is 37.6 Å². The third-order valence-corrected chi connectivity index (χ3v) is 4.82. The van der Waals surface area contributed by atoms with Crippen LogP contribution in [0.15, 0.2) is 6.20 Å². The molecular weight excluding hydrogens is 268 g/mol. The molecule has 5 heteroatoms. The second-order valence-corrected chi connectivity index (χ2v) is 7.52. The number of hydrogen-bond donors (Lipinski definition) is 1. The molecule has 2 heterocycles. The molecule has 0 amide bonds. The average molecular weight is 296 g/mol. The molecule has 1 aliphatic heterocycles. The van der Waals surface area contributed by atoms with E-state index in [-0.39, 0.29) is 5.54 Å². The van der Waals surface area contributed by atoms with Crippen molar-refractivity contribution >= 4 is 16.5 Å². The lowest BCUT2D eigenvalue weighted by Gasteiger charge is -2.42. The summed E-state index contributed by atoms with van der Waals surface area (Å²) in [6, 6.07) is 0. The first-order valence-electron chi connectivity index (χ1n) is 7.66. The molecule has 0 aliphatic carbocycles. The number of piperazine rings is 1. The van der Waals surface area contributed by atoms with Gasteiger partial charge in [0.1, 0.15) is 0 Å². The van der Waals surface area contributed by atoms with Crippen molar-refractivity contribution in [1.82, 2.24) is 15.2 Å². The molecule has 1 N–H and O–H groups in total. The van der Waals surface area contributed by atoms with Crippen LogP contribution >= 0.6 is 11.3 Å². The Hall–Kier alpha value is -0.650. The van der Waals surface area contributed by atoms with Gasteiger partial charge in [-0.1, -0.05) is 6.92 Å². The lowest BCUT2D eigenvalue weighted by Crippen LogP contribution is -2.53. The normalized spacial score (nSPS) is 17.7. The van der Waals surface area contributed by atoms with Crippen molar-refractivity contribution in [3.05, 3.63) is 11.1 Å². The van der Waals surface area contributed by atoms with Crippen molar-refractivity contribution in [2.24, 2.45) is 0 Å². The fourth-order valence-corrected chi connectivity index (χ4v) is 3.41. The van der Waals surface area contributed by atoms with Gasteiger partial charge < -0.3 is 10.2 Å². The van der Waals surface area contributed by atoms with E-state index in [1.807, 2.05) is 17.5 Å². The first-order chi connectivity index (χ1) is 9.50. The zero-order valence-electron chi connectivity index (χ0n) is 13.3. The van der Waals surface area contributed by atoms with Gasteiger partial charge in [-0.05, 0) is 33.7 Å². The fraction of sp³-hybridized carbons (Fsp3) is 0.800. The topological polar surface area (TPSA) is 31.4 Å². The smallest absolute Gasteiger partial charge is 0.185 e. The van der Waals surface area contributed by atoms with Crippen LogP contribution in [0.25, 0.3) is 0 Å². The summed E-state index contributed by atoms with van der Waals surface area (Å²) in [5, 5.41) is 4.63. The Labute approximate surface area is 127 Å². The Balaban J connectivity index is 1.84. The summed E-state index contributed by atoms with van der Waals surface area (Å²) in [5.74, 6) is 0. The quantitative estimate of drug-likeness (QED) is 0.846. The molecule has 0 radical (unpaired) electrons. The average Bonchev–Trinajstić information content (AvgIpc) is 2.87. The Morgan fingerprint density at radius 2 is 1.95 bits per heavy atom. The molecule has 1 aromatic heterocycles. The predicted molar refractivity (Wildman–Crippen MR) is 87.7 cm³/mol. The minimum Gasteiger partial charge on any atom is -0.346 e. The van der Waals surface area contributed by atoms with E-state index in [2.05, 4.69) is 47.8 Å². The van der Waals surface area contributed by atoms with E-state index in [9.17, 15) is 0 Å². The highest BCUT2D eigenvalue weighted by Gasteiger charge is 2.26. The first kappa shape index (κ1) is 15.7. The van der Waals surface area contributed by atoms with Gasteiger partial charge in [-0.15, -0.1) is 11.3 Å². The molecule has 0 spiro atoms. The molecule has 2 rings (SSSR count). The van der Waals surface area contributed by atoms with Crippen LogP contribution in [0.5, 0.6) is 0 Å². The molecule has 114 valence electrons. The molecule has 0 bridgehead atoms. The molecule has 0 unspecified atom stereocenters. The number of anilines is 1. The van der Waals surface area contributed by atoms with Crippen LogP contribution in [0.3, 0.4) is 0 Å². The van der Waals surface area contributed by atoms with E-state index in [1.165, 1.54) is 16.4 Å². The van der Waals surface area contributed by atoms with Crippen molar-refractivity contribution in [1.29, 1.82) is 0 Å². The number of aromatic nitrogens is 1. The summed E-state index contributed by atoms with van der Waals surface area (Å²) in [5.41, 5.74) is 0.282. The molecule has 1 aliphatic rings. The Morgan fingerprint density at radius 1 is 1.25 bits per heavy atom. The van der Waals surface area contributed by atoms with Crippen molar-refractivity contribution in [3.63, 3.8) is 0 Å². The maximum absolute atomic E-state index is 4.59. The van der Waals surface area contributed by atoms with Crippen molar-refractivity contribution in [3.8, 4) is 0 Å². The summed E-state index contributed by atoms with van der Waals surface area (Å²) < 4.78 is 0. The van der Waals surface area contributed by atoms with Crippen molar-refractivity contribution in [2.45, 2.75) is 46.2 Å². The zero-order valence-corrected chi connectivity index (χ0v) is 14.1. The van der Waals surface area contributed by atoms with Crippen molar-refractivity contribution < 1.29 is 0 Å². The maximum Gasteiger partial charge on any atom is 0.185 e. The summed E-state index contributed by atoms with van der Waals surface area (Å²) in [6.45, 7) is 15.6. The third kappa shape index (κ3) is 4.17. The molecule has 20 heavy (non-hydrogen) atoms. The fourth-order valence-electron chi connectivity index (χ4n) is 2.48. The Morgan fingerprint density at radius 3 is 2.55 bits per heavy atom. The minimum absolute atomic E-state index is 0.282. The second kappa shape index (κ2) is 6.87. The Bertz CT molecular complexity index is 402. The van der Waals surface area contributed by atoms with Crippen LogP contribution in [0.2, 0.25) is 0 Å². The van der Waals surface area contributed by atoms with E-state index in [0.29, 0.717) is 0 Å². The maximum atomic E-state index is 4.59. The largest absolute Gasteiger partial charge is 0.346 e. The highest BCUT2D eigenvalue weighted by atomic mass is 32.1. The van der Waals surface area contributed by atoms with Crippen LogP contribution in [0, 0.1) is 0 Å².